The van der Waals surface area contributed by atoms with E-state index in [1.807, 2.05) is 13.8 Å². The van der Waals surface area contributed by atoms with Crippen LogP contribution in [0.4, 0.5) is 10.1 Å². The van der Waals surface area contributed by atoms with Crippen molar-refractivity contribution in [3.05, 3.63) is 29.6 Å². The Labute approximate surface area is 101 Å². The van der Waals surface area contributed by atoms with Crippen LogP contribution >= 0.6 is 12.4 Å². The SMILES string of the molecule is CC(C)NCC(O)c1ccc(N)c(F)c1.Cl. The highest BCUT2D eigenvalue weighted by Crippen LogP contribution is 2.17. The Hall–Kier alpha value is -0.840. The van der Waals surface area contributed by atoms with Gasteiger partial charge in [-0.05, 0) is 17.7 Å². The van der Waals surface area contributed by atoms with Gasteiger partial charge in [-0.1, -0.05) is 19.9 Å². The van der Waals surface area contributed by atoms with Crippen LogP contribution in [0.15, 0.2) is 18.2 Å². The third kappa shape index (κ3) is 4.35. The summed E-state index contributed by atoms with van der Waals surface area (Å²) in [7, 11) is 0. The van der Waals surface area contributed by atoms with E-state index in [-0.39, 0.29) is 18.1 Å². The minimum Gasteiger partial charge on any atom is -0.396 e. The highest BCUT2D eigenvalue weighted by Gasteiger charge is 2.09. The number of nitrogens with two attached hydrogens (primary N) is 1. The van der Waals surface area contributed by atoms with Gasteiger partial charge in [0.05, 0.1) is 11.8 Å². The number of aliphatic hydroxyl groups is 1. The molecule has 0 aliphatic heterocycles. The van der Waals surface area contributed by atoms with Crippen molar-refractivity contribution in [2.45, 2.75) is 26.0 Å². The first kappa shape index (κ1) is 15.2. The maximum absolute atomic E-state index is 13.1. The monoisotopic (exact) mass is 248 g/mol. The molecule has 1 atom stereocenters. The van der Waals surface area contributed by atoms with Gasteiger partial charge >= 0.3 is 0 Å². The molecule has 1 rings (SSSR count). The first-order valence-corrected chi connectivity index (χ1v) is 4.97. The minimum absolute atomic E-state index is 0. The van der Waals surface area contributed by atoms with E-state index in [9.17, 15) is 9.50 Å². The highest BCUT2D eigenvalue weighted by molar-refractivity contribution is 5.85. The number of rotatable bonds is 4. The van der Waals surface area contributed by atoms with Gasteiger partial charge in [0.2, 0.25) is 0 Å². The van der Waals surface area contributed by atoms with Gasteiger partial charge in [0.1, 0.15) is 5.82 Å². The van der Waals surface area contributed by atoms with E-state index in [1.165, 1.54) is 12.1 Å². The van der Waals surface area contributed by atoms with E-state index in [0.717, 1.165) is 0 Å². The molecule has 16 heavy (non-hydrogen) atoms. The van der Waals surface area contributed by atoms with Crippen molar-refractivity contribution >= 4 is 18.1 Å². The number of hydrogen-bond donors (Lipinski definition) is 3. The molecule has 0 saturated heterocycles. The molecule has 0 fully saturated rings. The van der Waals surface area contributed by atoms with Gasteiger partial charge in [0, 0.05) is 12.6 Å². The van der Waals surface area contributed by atoms with E-state index in [2.05, 4.69) is 5.32 Å². The normalized spacial score (nSPS) is 12.3. The fraction of sp³-hybridized carbons (Fsp3) is 0.455. The molecule has 0 spiro atoms. The summed E-state index contributed by atoms with van der Waals surface area (Å²) in [5.41, 5.74) is 5.98. The van der Waals surface area contributed by atoms with Crippen molar-refractivity contribution in [1.82, 2.24) is 5.32 Å². The molecular formula is C11H18ClFN2O. The quantitative estimate of drug-likeness (QED) is 0.713. The Kier molecular flexibility index (Phi) is 6.33. The van der Waals surface area contributed by atoms with Crippen molar-refractivity contribution < 1.29 is 9.50 Å². The maximum Gasteiger partial charge on any atom is 0.146 e. The van der Waals surface area contributed by atoms with Crippen LogP contribution in [0, 0.1) is 5.82 Å². The Morgan fingerprint density at radius 2 is 2.06 bits per heavy atom. The number of halogens is 2. The van der Waals surface area contributed by atoms with Crippen LogP contribution in [-0.2, 0) is 0 Å². The van der Waals surface area contributed by atoms with Gasteiger partial charge in [-0.15, -0.1) is 12.4 Å². The van der Waals surface area contributed by atoms with Crippen molar-refractivity contribution in [2.75, 3.05) is 12.3 Å². The van der Waals surface area contributed by atoms with Crippen LogP contribution in [0.5, 0.6) is 0 Å². The molecule has 5 heteroatoms. The minimum atomic E-state index is -0.706. The van der Waals surface area contributed by atoms with Gasteiger partial charge in [-0.2, -0.15) is 0 Å². The second-order valence-electron chi connectivity index (χ2n) is 3.86. The molecule has 0 saturated carbocycles. The Morgan fingerprint density at radius 3 is 2.56 bits per heavy atom. The van der Waals surface area contributed by atoms with Crippen molar-refractivity contribution in [3.63, 3.8) is 0 Å². The molecule has 92 valence electrons. The molecule has 0 amide bonds. The number of nitrogens with one attached hydrogen (secondary N) is 1. The zero-order valence-electron chi connectivity index (χ0n) is 9.40. The molecule has 0 aliphatic rings. The highest BCUT2D eigenvalue weighted by atomic mass is 35.5. The summed E-state index contributed by atoms with van der Waals surface area (Å²) >= 11 is 0. The number of benzene rings is 1. The Morgan fingerprint density at radius 1 is 1.44 bits per heavy atom. The lowest BCUT2D eigenvalue weighted by Gasteiger charge is -2.14. The lowest BCUT2D eigenvalue weighted by molar-refractivity contribution is 0.171. The van der Waals surface area contributed by atoms with E-state index < -0.39 is 11.9 Å². The fourth-order valence-corrected chi connectivity index (χ4v) is 1.22. The van der Waals surface area contributed by atoms with Gasteiger partial charge in [-0.25, -0.2) is 4.39 Å². The number of anilines is 1. The summed E-state index contributed by atoms with van der Waals surface area (Å²) in [6.45, 7) is 4.37. The summed E-state index contributed by atoms with van der Waals surface area (Å²) in [6, 6.07) is 4.65. The molecular weight excluding hydrogens is 231 g/mol. The van der Waals surface area contributed by atoms with E-state index in [0.29, 0.717) is 18.2 Å². The molecule has 0 bridgehead atoms. The predicted molar refractivity (Wildman–Crippen MR) is 66.2 cm³/mol. The molecule has 1 unspecified atom stereocenters. The smallest absolute Gasteiger partial charge is 0.146 e. The summed E-state index contributed by atoms with van der Waals surface area (Å²) in [6.07, 6.45) is -0.706. The van der Waals surface area contributed by atoms with Gasteiger partial charge in [0.15, 0.2) is 0 Å². The Balaban J connectivity index is 0.00000225. The van der Waals surface area contributed by atoms with Gasteiger partial charge < -0.3 is 16.2 Å². The molecule has 3 nitrogen and oxygen atoms in total. The Bertz CT molecular complexity index is 334. The third-order valence-electron chi connectivity index (χ3n) is 2.13. The summed E-state index contributed by atoms with van der Waals surface area (Å²) in [5.74, 6) is -0.490. The number of hydrogen-bond acceptors (Lipinski definition) is 3. The second kappa shape index (κ2) is 6.68. The second-order valence-corrected chi connectivity index (χ2v) is 3.86. The molecule has 1 aromatic rings. The first-order chi connectivity index (χ1) is 7.00. The van der Waals surface area contributed by atoms with Crippen LogP contribution in [0.25, 0.3) is 0 Å². The van der Waals surface area contributed by atoms with Crippen molar-refractivity contribution in [1.29, 1.82) is 0 Å². The van der Waals surface area contributed by atoms with Crippen molar-refractivity contribution in [2.24, 2.45) is 0 Å². The lowest BCUT2D eigenvalue weighted by Crippen LogP contribution is -2.27. The lowest BCUT2D eigenvalue weighted by atomic mass is 10.1. The largest absolute Gasteiger partial charge is 0.396 e. The molecule has 0 heterocycles. The molecule has 0 aliphatic carbocycles. The fourth-order valence-electron chi connectivity index (χ4n) is 1.22. The summed E-state index contributed by atoms with van der Waals surface area (Å²) < 4.78 is 13.1. The van der Waals surface area contributed by atoms with E-state index in [1.54, 1.807) is 6.07 Å². The zero-order chi connectivity index (χ0) is 11.4. The van der Waals surface area contributed by atoms with Gasteiger partial charge in [0.25, 0.3) is 0 Å². The molecule has 1 aromatic carbocycles. The average Bonchev–Trinajstić information content (AvgIpc) is 2.18. The average molecular weight is 249 g/mol. The van der Waals surface area contributed by atoms with Crippen LogP contribution in [0.2, 0.25) is 0 Å². The van der Waals surface area contributed by atoms with Crippen LogP contribution in [0.1, 0.15) is 25.5 Å². The third-order valence-corrected chi connectivity index (χ3v) is 2.13. The summed E-state index contributed by atoms with van der Waals surface area (Å²) in [4.78, 5) is 0. The van der Waals surface area contributed by atoms with Crippen LogP contribution in [-0.4, -0.2) is 17.7 Å². The maximum atomic E-state index is 13.1. The van der Waals surface area contributed by atoms with E-state index in [4.69, 9.17) is 5.73 Å². The number of aliphatic hydroxyl groups excluding tert-OH is 1. The van der Waals surface area contributed by atoms with Crippen LogP contribution in [0.3, 0.4) is 0 Å². The topological polar surface area (TPSA) is 58.3 Å². The zero-order valence-corrected chi connectivity index (χ0v) is 10.2. The van der Waals surface area contributed by atoms with Crippen LogP contribution < -0.4 is 11.1 Å². The molecule has 0 radical (unpaired) electrons. The summed E-state index contributed by atoms with van der Waals surface area (Å²) in [5, 5.41) is 12.8. The first-order valence-electron chi connectivity index (χ1n) is 4.97. The number of nitrogen functional groups attached to an aromatic ring is 1. The van der Waals surface area contributed by atoms with Gasteiger partial charge in [-0.3, -0.25) is 0 Å². The standard InChI is InChI=1S/C11H17FN2O.ClH/c1-7(2)14-6-11(15)8-3-4-10(13)9(12)5-8;/h3-5,7,11,14-15H,6,13H2,1-2H3;1H. The predicted octanol–water partition coefficient (Wildman–Crippen LogP) is 1.86. The van der Waals surface area contributed by atoms with E-state index >= 15 is 0 Å². The molecule has 4 N–H and O–H groups in total. The molecule has 0 aromatic heterocycles. The van der Waals surface area contributed by atoms with Crippen molar-refractivity contribution in [3.8, 4) is 0 Å².